The summed E-state index contributed by atoms with van der Waals surface area (Å²) in [5.41, 5.74) is 2.06. The first-order valence-electron chi connectivity index (χ1n) is 7.36. The zero-order valence-electron chi connectivity index (χ0n) is 12.7. The average molecular weight is 299 g/mol. The van der Waals surface area contributed by atoms with Gasteiger partial charge in [-0.1, -0.05) is 30.3 Å². The molecule has 0 bridgehead atoms. The Kier molecular flexibility index (Phi) is 6.39. The molecule has 2 N–H and O–H groups in total. The van der Waals surface area contributed by atoms with Crippen molar-refractivity contribution in [2.24, 2.45) is 0 Å². The van der Waals surface area contributed by atoms with Crippen LogP contribution in [0.1, 0.15) is 24.2 Å². The molecule has 1 atom stereocenters. The molecule has 0 saturated heterocycles. The van der Waals surface area contributed by atoms with E-state index in [-0.39, 0.29) is 12.1 Å². The van der Waals surface area contributed by atoms with Gasteiger partial charge in [-0.15, -0.1) is 0 Å². The van der Waals surface area contributed by atoms with Crippen molar-refractivity contribution < 1.29 is 9.53 Å². The molecule has 2 amide bonds. The predicted octanol–water partition coefficient (Wildman–Crippen LogP) is 2.66. The highest BCUT2D eigenvalue weighted by Crippen LogP contribution is 2.15. The van der Waals surface area contributed by atoms with Crippen LogP contribution in [-0.2, 0) is 11.3 Å². The Labute approximate surface area is 130 Å². The van der Waals surface area contributed by atoms with Crippen molar-refractivity contribution >= 4 is 6.03 Å². The van der Waals surface area contributed by atoms with Gasteiger partial charge in [0.2, 0.25) is 0 Å². The summed E-state index contributed by atoms with van der Waals surface area (Å²) in [6.45, 7) is 3.44. The zero-order chi connectivity index (χ0) is 15.6. The van der Waals surface area contributed by atoms with E-state index >= 15 is 0 Å². The molecule has 5 nitrogen and oxygen atoms in total. The molecule has 116 valence electrons. The van der Waals surface area contributed by atoms with E-state index in [1.165, 1.54) is 0 Å². The van der Waals surface area contributed by atoms with E-state index in [4.69, 9.17) is 4.74 Å². The lowest BCUT2D eigenvalue weighted by Gasteiger charge is -2.18. The Hall–Kier alpha value is -2.40. The minimum Gasteiger partial charge on any atom is -0.372 e. The number of hydrogen-bond donors (Lipinski definition) is 2. The lowest BCUT2D eigenvalue weighted by atomic mass is 10.1. The van der Waals surface area contributed by atoms with E-state index in [0.29, 0.717) is 19.7 Å². The summed E-state index contributed by atoms with van der Waals surface area (Å²) in [5, 5.41) is 5.66. The summed E-state index contributed by atoms with van der Waals surface area (Å²) in [7, 11) is 0. The second kappa shape index (κ2) is 8.79. The van der Waals surface area contributed by atoms with E-state index in [2.05, 4.69) is 15.6 Å². The van der Waals surface area contributed by atoms with Gasteiger partial charge in [0.1, 0.15) is 0 Å². The molecule has 1 heterocycles. The highest BCUT2D eigenvalue weighted by atomic mass is 16.5. The highest BCUT2D eigenvalue weighted by molar-refractivity contribution is 5.73. The van der Waals surface area contributed by atoms with Gasteiger partial charge in [0.05, 0.1) is 6.10 Å². The second-order valence-electron chi connectivity index (χ2n) is 4.77. The summed E-state index contributed by atoms with van der Waals surface area (Å²) in [5.74, 6) is 0. The Morgan fingerprint density at radius 2 is 1.86 bits per heavy atom. The third-order valence-corrected chi connectivity index (χ3v) is 3.19. The Bertz CT molecular complexity index is 561. The zero-order valence-corrected chi connectivity index (χ0v) is 12.7. The van der Waals surface area contributed by atoms with Gasteiger partial charge in [0.25, 0.3) is 0 Å². The van der Waals surface area contributed by atoms with Crippen molar-refractivity contribution in [3.05, 3.63) is 66.0 Å². The van der Waals surface area contributed by atoms with E-state index in [1.807, 2.05) is 49.4 Å². The van der Waals surface area contributed by atoms with Gasteiger partial charge >= 0.3 is 6.03 Å². The van der Waals surface area contributed by atoms with Crippen LogP contribution in [0.2, 0.25) is 0 Å². The molecular formula is C17H21N3O2. The highest BCUT2D eigenvalue weighted by Gasteiger charge is 2.12. The molecule has 0 spiro atoms. The van der Waals surface area contributed by atoms with Crippen molar-refractivity contribution in [1.29, 1.82) is 0 Å². The van der Waals surface area contributed by atoms with Crippen molar-refractivity contribution in [1.82, 2.24) is 15.6 Å². The molecule has 22 heavy (non-hydrogen) atoms. The second-order valence-corrected chi connectivity index (χ2v) is 4.77. The first-order valence-corrected chi connectivity index (χ1v) is 7.36. The summed E-state index contributed by atoms with van der Waals surface area (Å²) in [6, 6.07) is 13.4. The van der Waals surface area contributed by atoms with Crippen LogP contribution in [0.15, 0.2) is 54.9 Å². The normalized spacial score (nSPS) is 11.7. The Morgan fingerprint density at radius 1 is 1.14 bits per heavy atom. The first kappa shape index (κ1) is 16.0. The van der Waals surface area contributed by atoms with Crippen LogP contribution in [-0.4, -0.2) is 24.2 Å². The fourth-order valence-corrected chi connectivity index (χ4v) is 2.07. The molecule has 0 aliphatic carbocycles. The fourth-order valence-electron chi connectivity index (χ4n) is 2.07. The molecule has 2 aromatic rings. The van der Waals surface area contributed by atoms with Crippen LogP contribution in [0.3, 0.4) is 0 Å². The molecule has 1 aromatic heterocycles. The topological polar surface area (TPSA) is 63.2 Å². The molecule has 0 saturated carbocycles. The number of nitrogens with zero attached hydrogens (tertiary/aromatic N) is 1. The summed E-state index contributed by atoms with van der Waals surface area (Å²) in [6.07, 6.45) is 3.27. The maximum absolute atomic E-state index is 11.9. The lowest BCUT2D eigenvalue weighted by molar-refractivity contribution is 0.0639. The number of urea groups is 1. The molecule has 5 heteroatoms. The maximum Gasteiger partial charge on any atom is 0.315 e. The number of ether oxygens (including phenoxy) is 1. The Morgan fingerprint density at radius 3 is 2.55 bits per heavy atom. The van der Waals surface area contributed by atoms with E-state index in [1.54, 1.807) is 12.4 Å². The van der Waals surface area contributed by atoms with E-state index < -0.39 is 0 Å². The number of hydrogen-bond acceptors (Lipinski definition) is 3. The van der Waals surface area contributed by atoms with Gasteiger partial charge in [-0.05, 0) is 30.2 Å². The van der Waals surface area contributed by atoms with Crippen LogP contribution in [0.5, 0.6) is 0 Å². The molecule has 0 aliphatic heterocycles. The summed E-state index contributed by atoms with van der Waals surface area (Å²) >= 11 is 0. The monoisotopic (exact) mass is 299 g/mol. The van der Waals surface area contributed by atoms with Crippen LogP contribution >= 0.6 is 0 Å². The number of amides is 2. The third kappa shape index (κ3) is 5.18. The van der Waals surface area contributed by atoms with Crippen LogP contribution in [0.4, 0.5) is 4.79 Å². The van der Waals surface area contributed by atoms with Gasteiger partial charge in [-0.2, -0.15) is 0 Å². The van der Waals surface area contributed by atoms with Gasteiger partial charge in [0.15, 0.2) is 0 Å². The van der Waals surface area contributed by atoms with Crippen molar-refractivity contribution in [3.8, 4) is 0 Å². The molecule has 0 aliphatic rings. The predicted molar refractivity (Wildman–Crippen MR) is 85.3 cm³/mol. The molecule has 0 radical (unpaired) electrons. The smallest absolute Gasteiger partial charge is 0.315 e. The molecular weight excluding hydrogens is 278 g/mol. The number of carbonyl (C=O) groups is 1. The number of aromatic nitrogens is 1. The Balaban J connectivity index is 1.80. The van der Waals surface area contributed by atoms with Gasteiger partial charge in [-0.3, -0.25) is 4.98 Å². The number of pyridine rings is 1. The minimum absolute atomic E-state index is 0.141. The minimum atomic E-state index is -0.211. The van der Waals surface area contributed by atoms with Gasteiger partial charge in [0, 0.05) is 32.1 Å². The average Bonchev–Trinajstić information content (AvgIpc) is 2.58. The van der Waals surface area contributed by atoms with Crippen molar-refractivity contribution in [2.75, 3.05) is 13.2 Å². The number of benzene rings is 1. The third-order valence-electron chi connectivity index (χ3n) is 3.19. The van der Waals surface area contributed by atoms with Crippen molar-refractivity contribution in [3.63, 3.8) is 0 Å². The van der Waals surface area contributed by atoms with Crippen molar-refractivity contribution in [2.45, 2.75) is 19.6 Å². The number of nitrogens with one attached hydrogen (secondary N) is 2. The lowest BCUT2D eigenvalue weighted by Crippen LogP contribution is -2.37. The molecule has 1 aromatic carbocycles. The van der Waals surface area contributed by atoms with Crippen LogP contribution < -0.4 is 10.6 Å². The summed E-state index contributed by atoms with van der Waals surface area (Å²) < 4.78 is 5.69. The van der Waals surface area contributed by atoms with Gasteiger partial charge in [-0.25, -0.2) is 4.79 Å². The van der Waals surface area contributed by atoms with E-state index in [0.717, 1.165) is 11.1 Å². The molecule has 0 fully saturated rings. The standard InChI is InChI=1S/C17H21N3O2/c1-2-22-16(15-6-4-3-5-7-15)13-20-17(21)19-12-14-8-10-18-11-9-14/h3-11,16H,2,12-13H2,1H3,(H2,19,20,21)/t16-/m1/s1. The van der Waals surface area contributed by atoms with Gasteiger partial charge < -0.3 is 15.4 Å². The number of rotatable bonds is 7. The number of carbonyl (C=O) groups excluding carboxylic acids is 1. The van der Waals surface area contributed by atoms with E-state index in [9.17, 15) is 4.79 Å². The molecule has 0 unspecified atom stereocenters. The van der Waals surface area contributed by atoms with Crippen LogP contribution in [0.25, 0.3) is 0 Å². The quantitative estimate of drug-likeness (QED) is 0.826. The molecule has 2 rings (SSSR count). The van der Waals surface area contributed by atoms with Crippen LogP contribution in [0, 0.1) is 0 Å². The SMILES string of the molecule is CCO[C@H](CNC(=O)NCc1ccncc1)c1ccccc1. The fraction of sp³-hybridized carbons (Fsp3) is 0.294. The summed E-state index contributed by atoms with van der Waals surface area (Å²) in [4.78, 5) is 15.8. The largest absolute Gasteiger partial charge is 0.372 e. The first-order chi connectivity index (χ1) is 10.8. The maximum atomic E-state index is 11.9.